The molecule has 0 unspecified atom stereocenters. The highest BCUT2D eigenvalue weighted by atomic mass is 32.2. The maximum atomic E-state index is 12.2. The molecule has 0 aromatic carbocycles. The molecule has 7 nitrogen and oxygen atoms in total. The van der Waals surface area contributed by atoms with Crippen molar-refractivity contribution in [3.05, 3.63) is 24.5 Å². The largest absolute Gasteiger partial charge is 0.383 e. The zero-order valence-electron chi connectivity index (χ0n) is 10.2. The van der Waals surface area contributed by atoms with Crippen LogP contribution >= 0.6 is 11.5 Å². The van der Waals surface area contributed by atoms with E-state index in [2.05, 4.69) is 24.6 Å². The van der Waals surface area contributed by atoms with Gasteiger partial charge in [-0.3, -0.25) is 4.72 Å². The van der Waals surface area contributed by atoms with Crippen LogP contribution in [0.25, 0.3) is 0 Å². The van der Waals surface area contributed by atoms with Gasteiger partial charge in [0.05, 0.1) is 11.9 Å². The Labute approximate surface area is 115 Å². The van der Waals surface area contributed by atoms with Crippen LogP contribution in [0.4, 0.5) is 10.7 Å². The zero-order chi connectivity index (χ0) is 13.7. The summed E-state index contributed by atoms with van der Waals surface area (Å²) in [6, 6.07) is 3.37. The monoisotopic (exact) mass is 299 g/mol. The minimum absolute atomic E-state index is 0.0307. The Morgan fingerprint density at radius 2 is 2.26 bits per heavy atom. The predicted octanol–water partition coefficient (Wildman–Crippen LogP) is 1.56. The first-order valence-electron chi connectivity index (χ1n) is 5.62. The number of rotatable bonds is 6. The summed E-state index contributed by atoms with van der Waals surface area (Å²) < 4.78 is 30.4. The van der Waals surface area contributed by atoms with Gasteiger partial charge in [0, 0.05) is 24.3 Å². The van der Waals surface area contributed by atoms with Crippen molar-refractivity contribution < 1.29 is 8.42 Å². The summed E-state index contributed by atoms with van der Waals surface area (Å²) in [6.45, 7) is 2.68. The van der Waals surface area contributed by atoms with Gasteiger partial charge in [0.15, 0.2) is 5.03 Å². The van der Waals surface area contributed by atoms with Crippen LogP contribution in [0.3, 0.4) is 0 Å². The highest BCUT2D eigenvalue weighted by molar-refractivity contribution is 7.93. The molecule has 2 aromatic heterocycles. The lowest BCUT2D eigenvalue weighted by molar-refractivity contribution is 0.598. The van der Waals surface area contributed by atoms with Crippen molar-refractivity contribution in [1.29, 1.82) is 0 Å². The third kappa shape index (κ3) is 3.38. The Morgan fingerprint density at radius 3 is 2.95 bits per heavy atom. The molecule has 102 valence electrons. The quantitative estimate of drug-likeness (QED) is 0.840. The molecule has 0 aliphatic rings. The van der Waals surface area contributed by atoms with Gasteiger partial charge in [0.25, 0.3) is 10.0 Å². The van der Waals surface area contributed by atoms with Crippen LogP contribution in [0.2, 0.25) is 0 Å². The van der Waals surface area contributed by atoms with Gasteiger partial charge in [0.1, 0.15) is 5.00 Å². The van der Waals surface area contributed by atoms with E-state index in [1.54, 1.807) is 12.1 Å². The van der Waals surface area contributed by atoms with Crippen LogP contribution in [0.15, 0.2) is 29.6 Å². The van der Waals surface area contributed by atoms with Gasteiger partial charge in [-0.1, -0.05) is 11.4 Å². The molecule has 2 aromatic rings. The van der Waals surface area contributed by atoms with Crippen molar-refractivity contribution in [1.82, 2.24) is 14.6 Å². The molecule has 2 heterocycles. The summed E-state index contributed by atoms with van der Waals surface area (Å²) in [5.74, 6) is 0. The summed E-state index contributed by atoms with van der Waals surface area (Å²) in [5.41, 5.74) is 0.481. The number of pyridine rings is 1. The molecule has 0 fully saturated rings. The molecule has 0 radical (unpaired) electrons. The number of hydrogen-bond donors (Lipinski definition) is 2. The van der Waals surface area contributed by atoms with Gasteiger partial charge in [-0.2, -0.15) is 8.42 Å². The van der Waals surface area contributed by atoms with Gasteiger partial charge >= 0.3 is 0 Å². The molecule has 0 saturated carbocycles. The van der Waals surface area contributed by atoms with Crippen LogP contribution in [-0.2, 0) is 10.0 Å². The molecule has 0 aliphatic carbocycles. The first-order chi connectivity index (χ1) is 9.13. The number of anilines is 2. The van der Waals surface area contributed by atoms with Crippen LogP contribution in [0.5, 0.6) is 0 Å². The number of nitrogens with zero attached hydrogens (tertiary/aromatic N) is 3. The standard InChI is InChI=1S/C10H13N5O2S2/c1-2-5-11-8-4-3-6-12-10(8)19(16,17)14-9-7-13-15-18-9/h3-4,6-7,11,14H,2,5H2,1H3. The Kier molecular flexibility index (Phi) is 4.27. The average Bonchev–Trinajstić information content (AvgIpc) is 2.88. The molecule has 0 spiro atoms. The van der Waals surface area contributed by atoms with Crippen molar-refractivity contribution in [2.75, 3.05) is 16.6 Å². The van der Waals surface area contributed by atoms with E-state index < -0.39 is 10.0 Å². The molecule has 2 N–H and O–H groups in total. The minimum atomic E-state index is -3.74. The molecule has 0 bridgehead atoms. The van der Waals surface area contributed by atoms with Crippen molar-refractivity contribution >= 4 is 32.2 Å². The number of sulfonamides is 1. The lowest BCUT2D eigenvalue weighted by atomic mass is 10.4. The van der Waals surface area contributed by atoms with Crippen LogP contribution in [0, 0.1) is 0 Å². The summed E-state index contributed by atoms with van der Waals surface area (Å²) >= 11 is 0.969. The summed E-state index contributed by atoms with van der Waals surface area (Å²) in [5, 5.41) is 6.94. The first kappa shape index (κ1) is 13.7. The molecular weight excluding hydrogens is 286 g/mol. The molecular formula is C10H13N5O2S2. The Bertz CT molecular complexity index is 627. The molecule has 0 atom stereocenters. The van der Waals surface area contributed by atoms with E-state index in [4.69, 9.17) is 0 Å². The summed E-state index contributed by atoms with van der Waals surface area (Å²) in [4.78, 5) is 3.93. The Balaban J connectivity index is 2.29. The van der Waals surface area contributed by atoms with E-state index in [1.165, 1.54) is 12.4 Å². The maximum Gasteiger partial charge on any atom is 0.282 e. The topological polar surface area (TPSA) is 96.9 Å². The Morgan fingerprint density at radius 1 is 1.42 bits per heavy atom. The van der Waals surface area contributed by atoms with E-state index in [9.17, 15) is 8.42 Å². The van der Waals surface area contributed by atoms with Crippen LogP contribution in [-0.4, -0.2) is 29.5 Å². The van der Waals surface area contributed by atoms with Crippen LogP contribution < -0.4 is 10.0 Å². The number of hydrogen-bond acceptors (Lipinski definition) is 7. The second-order valence-electron chi connectivity index (χ2n) is 3.67. The number of aromatic nitrogens is 3. The fraction of sp³-hybridized carbons (Fsp3) is 0.300. The van der Waals surface area contributed by atoms with Crippen molar-refractivity contribution in [3.63, 3.8) is 0 Å². The lowest BCUT2D eigenvalue weighted by Crippen LogP contribution is -2.16. The molecule has 0 saturated heterocycles. The lowest BCUT2D eigenvalue weighted by Gasteiger charge is -2.10. The molecule has 0 aliphatic heterocycles. The zero-order valence-corrected chi connectivity index (χ0v) is 11.8. The first-order valence-corrected chi connectivity index (χ1v) is 7.88. The third-order valence-electron chi connectivity index (χ3n) is 2.19. The molecule has 9 heteroatoms. The van der Waals surface area contributed by atoms with Crippen molar-refractivity contribution in [2.24, 2.45) is 0 Å². The third-order valence-corrected chi connectivity index (χ3v) is 4.22. The van der Waals surface area contributed by atoms with Gasteiger partial charge in [-0.25, -0.2) is 4.98 Å². The minimum Gasteiger partial charge on any atom is -0.383 e. The van der Waals surface area contributed by atoms with E-state index in [-0.39, 0.29) is 5.03 Å². The van der Waals surface area contributed by atoms with Gasteiger partial charge in [-0.05, 0) is 18.6 Å². The second kappa shape index (κ2) is 5.93. The van der Waals surface area contributed by atoms with Crippen LogP contribution in [0.1, 0.15) is 13.3 Å². The highest BCUT2D eigenvalue weighted by Crippen LogP contribution is 2.22. The van der Waals surface area contributed by atoms with E-state index in [0.29, 0.717) is 17.2 Å². The highest BCUT2D eigenvalue weighted by Gasteiger charge is 2.20. The molecule has 0 amide bonds. The summed E-state index contributed by atoms with van der Waals surface area (Å²) in [6.07, 6.45) is 3.68. The van der Waals surface area contributed by atoms with Crippen molar-refractivity contribution in [2.45, 2.75) is 18.4 Å². The SMILES string of the molecule is CCCNc1cccnc1S(=O)(=O)Nc1cnns1. The fourth-order valence-corrected chi connectivity index (χ4v) is 3.19. The van der Waals surface area contributed by atoms with E-state index >= 15 is 0 Å². The normalized spacial score (nSPS) is 11.2. The smallest absolute Gasteiger partial charge is 0.282 e. The Hall–Kier alpha value is -1.74. The van der Waals surface area contributed by atoms with E-state index in [0.717, 1.165) is 18.0 Å². The fourth-order valence-electron chi connectivity index (χ4n) is 1.39. The van der Waals surface area contributed by atoms with Crippen molar-refractivity contribution in [3.8, 4) is 0 Å². The number of nitrogens with one attached hydrogen (secondary N) is 2. The van der Waals surface area contributed by atoms with Gasteiger partial charge in [0.2, 0.25) is 0 Å². The average molecular weight is 299 g/mol. The maximum absolute atomic E-state index is 12.2. The molecule has 19 heavy (non-hydrogen) atoms. The van der Waals surface area contributed by atoms with E-state index in [1.807, 2.05) is 6.92 Å². The predicted molar refractivity (Wildman–Crippen MR) is 73.7 cm³/mol. The summed E-state index contributed by atoms with van der Waals surface area (Å²) in [7, 11) is -3.74. The molecule has 2 rings (SSSR count). The van der Waals surface area contributed by atoms with Gasteiger partial charge < -0.3 is 5.32 Å². The van der Waals surface area contributed by atoms with Gasteiger partial charge in [-0.15, -0.1) is 5.10 Å². The second-order valence-corrected chi connectivity index (χ2v) is 6.05.